The van der Waals surface area contributed by atoms with Gasteiger partial charge in [0.1, 0.15) is 5.82 Å². The van der Waals surface area contributed by atoms with E-state index in [1.54, 1.807) is 7.11 Å². The number of hydrogen-bond donors (Lipinski definition) is 2. The first-order valence-electron chi connectivity index (χ1n) is 5.33. The molecule has 1 aliphatic carbocycles. The van der Waals surface area contributed by atoms with Crippen LogP contribution >= 0.6 is 0 Å². The topological polar surface area (TPSA) is 60.2 Å². The molecule has 2 atom stereocenters. The second-order valence-electron chi connectivity index (χ2n) is 3.91. The summed E-state index contributed by atoms with van der Waals surface area (Å²) in [7, 11) is 1.62. The number of rotatable bonds is 3. The minimum atomic E-state index is 0.248. The fraction of sp³-hybridized carbons (Fsp3) is 0.545. The summed E-state index contributed by atoms with van der Waals surface area (Å²) in [5, 5.41) is 3.35. The highest BCUT2D eigenvalue weighted by molar-refractivity contribution is 5.38. The van der Waals surface area contributed by atoms with Crippen LogP contribution < -0.4 is 15.8 Å². The Morgan fingerprint density at radius 2 is 2.33 bits per heavy atom. The molecule has 3 N–H and O–H groups in total. The van der Waals surface area contributed by atoms with E-state index in [4.69, 9.17) is 10.5 Å². The predicted octanol–water partition coefficient (Wildman–Crippen LogP) is 1.38. The first-order valence-corrected chi connectivity index (χ1v) is 5.33. The fourth-order valence-electron chi connectivity index (χ4n) is 1.97. The second kappa shape index (κ2) is 4.49. The molecule has 0 spiro atoms. The molecule has 1 aliphatic rings. The molecule has 4 heteroatoms. The first-order chi connectivity index (χ1) is 7.29. The third-order valence-corrected chi connectivity index (χ3v) is 2.84. The maximum atomic E-state index is 5.98. The fourth-order valence-corrected chi connectivity index (χ4v) is 1.97. The van der Waals surface area contributed by atoms with Gasteiger partial charge in [-0.15, -0.1) is 0 Å². The number of methoxy groups -OCH3 is 1. The lowest BCUT2D eigenvalue weighted by Gasteiger charge is -2.17. The van der Waals surface area contributed by atoms with Crippen LogP contribution in [-0.2, 0) is 0 Å². The zero-order valence-corrected chi connectivity index (χ0v) is 8.94. The van der Waals surface area contributed by atoms with Gasteiger partial charge >= 0.3 is 0 Å². The van der Waals surface area contributed by atoms with Gasteiger partial charge in [-0.1, -0.05) is 6.07 Å². The molecule has 4 nitrogen and oxygen atoms in total. The van der Waals surface area contributed by atoms with Crippen molar-refractivity contribution in [2.75, 3.05) is 12.4 Å². The third-order valence-electron chi connectivity index (χ3n) is 2.84. The molecule has 1 heterocycles. The third kappa shape index (κ3) is 2.39. The highest BCUT2D eigenvalue weighted by Gasteiger charge is 2.23. The van der Waals surface area contributed by atoms with Crippen LogP contribution in [0.4, 0.5) is 5.82 Å². The standard InChI is InChI=1S/C11H17N3O/c1-15-11-7-3-6-10(14-11)13-9-5-2-4-8(9)12/h3,6-9H,2,4-5,12H2,1H3,(H,13,14). The van der Waals surface area contributed by atoms with Crippen LogP contribution in [-0.4, -0.2) is 24.2 Å². The van der Waals surface area contributed by atoms with E-state index in [0.717, 1.165) is 18.7 Å². The van der Waals surface area contributed by atoms with Crippen LogP contribution in [0.5, 0.6) is 5.88 Å². The Bertz CT molecular complexity index is 329. The van der Waals surface area contributed by atoms with Crippen molar-refractivity contribution in [3.05, 3.63) is 18.2 Å². The molecule has 0 radical (unpaired) electrons. The summed E-state index contributed by atoms with van der Waals surface area (Å²) in [4.78, 5) is 4.30. The van der Waals surface area contributed by atoms with Crippen molar-refractivity contribution in [3.63, 3.8) is 0 Å². The molecule has 0 saturated heterocycles. The number of anilines is 1. The van der Waals surface area contributed by atoms with Crippen LogP contribution in [0.2, 0.25) is 0 Å². The lowest BCUT2D eigenvalue weighted by Crippen LogP contribution is -2.35. The minimum absolute atomic E-state index is 0.248. The zero-order chi connectivity index (χ0) is 10.7. The number of nitrogens with zero attached hydrogens (tertiary/aromatic N) is 1. The molecule has 2 rings (SSSR count). The maximum Gasteiger partial charge on any atom is 0.214 e. The van der Waals surface area contributed by atoms with Crippen LogP contribution in [0.1, 0.15) is 19.3 Å². The molecule has 0 amide bonds. The summed E-state index contributed by atoms with van der Waals surface area (Å²) in [6, 6.07) is 6.30. The molecule has 15 heavy (non-hydrogen) atoms. The van der Waals surface area contributed by atoms with Gasteiger partial charge in [-0.25, -0.2) is 0 Å². The number of ether oxygens (including phenoxy) is 1. The summed E-state index contributed by atoms with van der Waals surface area (Å²) in [6.07, 6.45) is 3.42. The zero-order valence-electron chi connectivity index (χ0n) is 8.94. The van der Waals surface area contributed by atoms with Crippen LogP contribution in [0.3, 0.4) is 0 Å². The molecule has 82 valence electrons. The summed E-state index contributed by atoms with van der Waals surface area (Å²) in [5.41, 5.74) is 5.98. The van der Waals surface area contributed by atoms with Gasteiger partial charge in [-0.3, -0.25) is 0 Å². The van der Waals surface area contributed by atoms with Gasteiger partial charge in [0.2, 0.25) is 5.88 Å². The van der Waals surface area contributed by atoms with E-state index in [9.17, 15) is 0 Å². The Morgan fingerprint density at radius 3 is 3.00 bits per heavy atom. The minimum Gasteiger partial charge on any atom is -0.481 e. The first kappa shape index (κ1) is 10.2. The smallest absolute Gasteiger partial charge is 0.214 e. The van der Waals surface area contributed by atoms with Gasteiger partial charge in [-0.05, 0) is 25.3 Å². The van der Waals surface area contributed by atoms with Crippen LogP contribution in [0.15, 0.2) is 18.2 Å². The maximum absolute atomic E-state index is 5.98. The SMILES string of the molecule is COc1cccc(NC2CCCC2N)n1. The lowest BCUT2D eigenvalue weighted by atomic mass is 10.2. The number of aromatic nitrogens is 1. The van der Waals surface area contributed by atoms with Gasteiger partial charge in [-0.2, -0.15) is 4.98 Å². The Labute approximate surface area is 89.8 Å². The molecule has 0 aromatic carbocycles. The molecule has 1 aromatic rings. The quantitative estimate of drug-likeness (QED) is 0.786. The average molecular weight is 207 g/mol. The van der Waals surface area contributed by atoms with Crippen molar-refractivity contribution in [1.29, 1.82) is 0 Å². The highest BCUT2D eigenvalue weighted by atomic mass is 16.5. The van der Waals surface area contributed by atoms with E-state index in [0.29, 0.717) is 11.9 Å². The van der Waals surface area contributed by atoms with Crippen molar-refractivity contribution in [1.82, 2.24) is 4.98 Å². The molecule has 1 aromatic heterocycles. The lowest BCUT2D eigenvalue weighted by molar-refractivity contribution is 0.398. The summed E-state index contributed by atoms with van der Waals surface area (Å²) >= 11 is 0. The van der Waals surface area contributed by atoms with Crippen molar-refractivity contribution < 1.29 is 4.74 Å². The summed E-state index contributed by atoms with van der Waals surface area (Å²) < 4.78 is 5.06. The Morgan fingerprint density at radius 1 is 1.47 bits per heavy atom. The monoisotopic (exact) mass is 207 g/mol. The van der Waals surface area contributed by atoms with Crippen molar-refractivity contribution in [2.24, 2.45) is 5.73 Å². The average Bonchev–Trinajstić information content (AvgIpc) is 2.65. The molecule has 2 unspecified atom stereocenters. The van der Waals surface area contributed by atoms with E-state index in [1.165, 1.54) is 6.42 Å². The van der Waals surface area contributed by atoms with E-state index in [1.807, 2.05) is 18.2 Å². The molecular formula is C11H17N3O. The van der Waals surface area contributed by atoms with E-state index in [2.05, 4.69) is 10.3 Å². The van der Waals surface area contributed by atoms with Crippen molar-refractivity contribution in [2.45, 2.75) is 31.3 Å². The molecule has 1 saturated carbocycles. The summed E-state index contributed by atoms with van der Waals surface area (Å²) in [5.74, 6) is 1.48. The number of hydrogen-bond acceptors (Lipinski definition) is 4. The Hall–Kier alpha value is -1.29. The highest BCUT2D eigenvalue weighted by Crippen LogP contribution is 2.21. The van der Waals surface area contributed by atoms with Gasteiger partial charge in [0.15, 0.2) is 0 Å². The van der Waals surface area contributed by atoms with Crippen LogP contribution in [0.25, 0.3) is 0 Å². The Kier molecular flexibility index (Phi) is 3.06. The van der Waals surface area contributed by atoms with E-state index >= 15 is 0 Å². The van der Waals surface area contributed by atoms with E-state index < -0.39 is 0 Å². The van der Waals surface area contributed by atoms with Gasteiger partial charge < -0.3 is 15.8 Å². The molecular weight excluding hydrogens is 190 g/mol. The van der Waals surface area contributed by atoms with Gasteiger partial charge in [0.25, 0.3) is 0 Å². The van der Waals surface area contributed by atoms with Gasteiger partial charge in [0, 0.05) is 18.2 Å². The molecule has 0 aliphatic heterocycles. The summed E-state index contributed by atoms with van der Waals surface area (Å²) in [6.45, 7) is 0. The van der Waals surface area contributed by atoms with Crippen LogP contribution in [0, 0.1) is 0 Å². The van der Waals surface area contributed by atoms with E-state index in [-0.39, 0.29) is 6.04 Å². The normalized spacial score (nSPS) is 25.2. The number of nitrogens with one attached hydrogen (secondary N) is 1. The molecule has 1 fully saturated rings. The van der Waals surface area contributed by atoms with Crippen molar-refractivity contribution >= 4 is 5.82 Å². The molecule has 0 bridgehead atoms. The second-order valence-corrected chi connectivity index (χ2v) is 3.91. The van der Waals surface area contributed by atoms with Crippen molar-refractivity contribution in [3.8, 4) is 5.88 Å². The number of pyridine rings is 1. The predicted molar refractivity (Wildman–Crippen MR) is 60.0 cm³/mol. The van der Waals surface area contributed by atoms with Gasteiger partial charge in [0.05, 0.1) is 7.11 Å². The number of nitrogens with two attached hydrogens (primary N) is 1. The Balaban J connectivity index is 2.03. The largest absolute Gasteiger partial charge is 0.481 e.